The first-order valence-electron chi connectivity index (χ1n) is 9.13. The van der Waals surface area contributed by atoms with Gasteiger partial charge in [-0.25, -0.2) is 4.68 Å². The van der Waals surface area contributed by atoms with Gasteiger partial charge in [0.2, 0.25) is 0 Å². The summed E-state index contributed by atoms with van der Waals surface area (Å²) in [4.78, 5) is 6.46. The molecule has 8 heteroatoms. The maximum atomic E-state index is 5.81. The first-order valence-corrected chi connectivity index (χ1v) is 11.2. The van der Waals surface area contributed by atoms with Crippen molar-refractivity contribution in [3.05, 3.63) is 86.0 Å². The van der Waals surface area contributed by atoms with Crippen LogP contribution in [0.3, 0.4) is 0 Å². The second-order valence-electron chi connectivity index (χ2n) is 6.83. The third-order valence-electron chi connectivity index (χ3n) is 4.48. The fourth-order valence-electron chi connectivity index (χ4n) is 3.17. The van der Waals surface area contributed by atoms with E-state index >= 15 is 0 Å². The molecule has 4 rings (SSSR count). The summed E-state index contributed by atoms with van der Waals surface area (Å²) >= 11 is 11.0. The van der Waals surface area contributed by atoms with Crippen LogP contribution in [0.2, 0.25) is 0 Å². The van der Waals surface area contributed by atoms with Crippen molar-refractivity contribution in [2.45, 2.75) is 19.8 Å². The fraction of sp³-hybridized carbons (Fsp3) is 0.190. The molecule has 0 atom stereocenters. The molecule has 0 N–H and O–H groups in total. The Morgan fingerprint density at radius 1 is 1.14 bits per heavy atom. The molecule has 148 valence electrons. The predicted molar refractivity (Wildman–Crippen MR) is 123 cm³/mol. The molecule has 0 fully saturated rings. The molecule has 0 aliphatic heterocycles. The van der Waals surface area contributed by atoms with Crippen molar-refractivity contribution in [2.24, 2.45) is 0 Å². The molecule has 4 aromatic rings. The van der Waals surface area contributed by atoms with Gasteiger partial charge in [0.1, 0.15) is 0 Å². The second kappa shape index (κ2) is 9.13. The van der Waals surface area contributed by atoms with E-state index < -0.39 is 0 Å². The molecule has 3 heterocycles. The predicted octanol–water partition coefficient (Wildman–Crippen LogP) is 5.44. The largest absolute Gasteiger partial charge is 0.295 e. The van der Waals surface area contributed by atoms with Crippen LogP contribution in [-0.4, -0.2) is 31.3 Å². The van der Waals surface area contributed by atoms with Crippen LogP contribution in [0, 0.1) is 4.77 Å². The van der Waals surface area contributed by atoms with Crippen molar-refractivity contribution in [1.82, 2.24) is 24.2 Å². The highest BCUT2D eigenvalue weighted by Crippen LogP contribution is 2.22. The first kappa shape index (κ1) is 20.2. The van der Waals surface area contributed by atoms with Gasteiger partial charge in [0.15, 0.2) is 10.6 Å². The maximum absolute atomic E-state index is 5.81. The van der Waals surface area contributed by atoms with Gasteiger partial charge in [0.05, 0.1) is 17.0 Å². The number of hydrogen-bond donors (Lipinski definition) is 0. The number of halogens is 1. The van der Waals surface area contributed by atoms with Crippen molar-refractivity contribution in [3.63, 3.8) is 0 Å². The molecule has 0 amide bonds. The van der Waals surface area contributed by atoms with Gasteiger partial charge < -0.3 is 0 Å². The first-order chi connectivity index (χ1) is 14.1. The van der Waals surface area contributed by atoms with E-state index in [0.29, 0.717) is 18.0 Å². The van der Waals surface area contributed by atoms with E-state index in [4.69, 9.17) is 17.3 Å². The maximum Gasteiger partial charge on any atom is 0.199 e. The molecule has 5 nitrogen and oxygen atoms in total. The zero-order valence-corrected chi connectivity index (χ0v) is 19.1. The van der Waals surface area contributed by atoms with Gasteiger partial charge in [-0.1, -0.05) is 30.3 Å². The number of pyridine rings is 1. The molecule has 0 saturated heterocycles. The van der Waals surface area contributed by atoms with Crippen LogP contribution in [-0.2, 0) is 19.8 Å². The standard InChI is InChI=1S/C21H20BrN5S2/c1-25(12-17-10-19(22)29-14-17)15-27-21(28)26(13-16-6-3-2-4-7-16)20(24-27)18-8-5-9-23-11-18/h2-11,14H,12-13,15H2,1H3. The number of rotatable bonds is 7. The average molecular weight is 486 g/mol. The Hall–Kier alpha value is -2.13. The second-order valence-corrected chi connectivity index (χ2v) is 9.49. The SMILES string of the molecule is CN(Cc1csc(Br)c1)Cn1nc(-c2cccnc2)n(Cc2ccccc2)c1=S. The molecule has 3 aromatic heterocycles. The summed E-state index contributed by atoms with van der Waals surface area (Å²) in [5, 5.41) is 7.01. The minimum absolute atomic E-state index is 0.612. The topological polar surface area (TPSA) is 38.9 Å². The quantitative estimate of drug-likeness (QED) is 0.326. The molecule has 0 aliphatic carbocycles. The normalized spacial score (nSPS) is 11.3. The zero-order valence-electron chi connectivity index (χ0n) is 15.9. The third-order valence-corrected chi connectivity index (χ3v) is 6.46. The van der Waals surface area contributed by atoms with E-state index in [1.54, 1.807) is 17.5 Å². The smallest absolute Gasteiger partial charge is 0.199 e. The van der Waals surface area contributed by atoms with Gasteiger partial charge in [-0.15, -0.1) is 11.3 Å². The van der Waals surface area contributed by atoms with Crippen LogP contribution in [0.5, 0.6) is 0 Å². The van der Waals surface area contributed by atoms with Gasteiger partial charge in [0.25, 0.3) is 0 Å². The van der Waals surface area contributed by atoms with Crippen molar-refractivity contribution in [3.8, 4) is 11.4 Å². The van der Waals surface area contributed by atoms with Gasteiger partial charge in [0, 0.05) is 24.5 Å². The molecule has 0 unspecified atom stereocenters. The molecule has 0 saturated carbocycles. The van der Waals surface area contributed by atoms with E-state index in [0.717, 1.165) is 21.7 Å². The third kappa shape index (κ3) is 4.90. The average Bonchev–Trinajstić information content (AvgIpc) is 3.27. The Kier molecular flexibility index (Phi) is 6.34. The van der Waals surface area contributed by atoms with Crippen molar-refractivity contribution < 1.29 is 0 Å². The Bertz CT molecular complexity index is 1130. The van der Waals surface area contributed by atoms with Crippen LogP contribution in [0.4, 0.5) is 0 Å². The number of benzene rings is 1. The summed E-state index contributed by atoms with van der Waals surface area (Å²) in [5.41, 5.74) is 3.41. The van der Waals surface area contributed by atoms with Crippen LogP contribution < -0.4 is 0 Å². The lowest BCUT2D eigenvalue weighted by molar-refractivity contribution is 0.244. The summed E-state index contributed by atoms with van der Waals surface area (Å²) in [6.07, 6.45) is 3.60. The number of nitrogens with zero attached hydrogens (tertiary/aromatic N) is 5. The summed E-state index contributed by atoms with van der Waals surface area (Å²) < 4.78 is 5.81. The number of aromatic nitrogens is 4. The minimum atomic E-state index is 0.612. The van der Waals surface area contributed by atoms with E-state index in [2.05, 4.69) is 61.0 Å². The summed E-state index contributed by atoms with van der Waals surface area (Å²) in [5.74, 6) is 0.832. The fourth-order valence-corrected chi connectivity index (χ4v) is 4.62. The zero-order chi connectivity index (χ0) is 20.2. The lowest BCUT2D eigenvalue weighted by Gasteiger charge is -2.15. The van der Waals surface area contributed by atoms with Gasteiger partial charge in [-0.05, 0) is 69.9 Å². The number of hydrogen-bond acceptors (Lipinski definition) is 5. The summed E-state index contributed by atoms with van der Waals surface area (Å²) in [7, 11) is 2.08. The van der Waals surface area contributed by atoms with Gasteiger partial charge in [-0.3, -0.25) is 14.5 Å². The monoisotopic (exact) mass is 485 g/mol. The van der Waals surface area contributed by atoms with E-state index in [1.807, 2.05) is 41.2 Å². The highest BCUT2D eigenvalue weighted by atomic mass is 79.9. The highest BCUT2D eigenvalue weighted by Gasteiger charge is 2.15. The molecular formula is C21H20BrN5S2. The molecular weight excluding hydrogens is 466 g/mol. The van der Waals surface area contributed by atoms with Gasteiger partial charge >= 0.3 is 0 Å². The Morgan fingerprint density at radius 2 is 1.97 bits per heavy atom. The Morgan fingerprint density at radius 3 is 2.66 bits per heavy atom. The van der Waals surface area contributed by atoms with E-state index in [9.17, 15) is 0 Å². The molecule has 0 aliphatic rings. The van der Waals surface area contributed by atoms with Crippen LogP contribution in [0.25, 0.3) is 11.4 Å². The molecule has 29 heavy (non-hydrogen) atoms. The lowest BCUT2D eigenvalue weighted by Crippen LogP contribution is -2.22. The van der Waals surface area contributed by atoms with E-state index in [1.165, 1.54) is 11.1 Å². The van der Waals surface area contributed by atoms with Crippen LogP contribution in [0.1, 0.15) is 11.1 Å². The Labute approximate surface area is 187 Å². The van der Waals surface area contributed by atoms with Crippen LogP contribution in [0.15, 0.2) is 70.1 Å². The van der Waals surface area contributed by atoms with Crippen molar-refractivity contribution >= 4 is 39.5 Å². The lowest BCUT2D eigenvalue weighted by atomic mass is 10.2. The molecule has 1 aromatic carbocycles. The summed E-state index contributed by atoms with van der Waals surface area (Å²) in [6.45, 7) is 2.12. The summed E-state index contributed by atoms with van der Waals surface area (Å²) in [6, 6.07) is 16.4. The van der Waals surface area contributed by atoms with Gasteiger partial charge in [-0.2, -0.15) is 5.10 Å². The molecule has 0 bridgehead atoms. The van der Waals surface area contributed by atoms with Crippen molar-refractivity contribution in [2.75, 3.05) is 7.05 Å². The van der Waals surface area contributed by atoms with Crippen LogP contribution >= 0.6 is 39.5 Å². The van der Waals surface area contributed by atoms with E-state index in [-0.39, 0.29) is 0 Å². The van der Waals surface area contributed by atoms with Crippen molar-refractivity contribution in [1.29, 1.82) is 0 Å². The highest BCUT2D eigenvalue weighted by molar-refractivity contribution is 9.11. The number of thiophene rings is 1. The molecule has 0 radical (unpaired) electrons. The molecule has 0 spiro atoms. The minimum Gasteiger partial charge on any atom is -0.295 e. The Balaban J connectivity index is 1.65.